The first-order valence-corrected chi connectivity index (χ1v) is 11.7. The number of hydrogen-bond acceptors (Lipinski definition) is 4. The summed E-state index contributed by atoms with van der Waals surface area (Å²) in [5, 5.41) is 1.18. The highest BCUT2D eigenvalue weighted by atomic mass is 35.5. The molecule has 0 saturated carbocycles. The molecule has 164 valence electrons. The van der Waals surface area contributed by atoms with E-state index >= 15 is 0 Å². The first-order valence-electron chi connectivity index (χ1n) is 9.83. The number of anilines is 1. The van der Waals surface area contributed by atoms with Gasteiger partial charge in [-0.1, -0.05) is 29.8 Å². The van der Waals surface area contributed by atoms with Crippen molar-refractivity contribution in [3.05, 3.63) is 99.3 Å². The standard InChI is InChI=1S/C24H21ClN2O4S/c1-16-5-3-4-6-23(16)27(32(29,30)21-10-7-19(25)8-11-21)15-18-13-17-14-20(31-2)9-12-22(17)26-24(18)28/h3-14H,15H2,1-2H3,(H,26,28). The van der Waals surface area contributed by atoms with Crippen LogP contribution in [0.25, 0.3) is 10.9 Å². The van der Waals surface area contributed by atoms with E-state index in [1.165, 1.54) is 28.6 Å². The molecule has 0 aliphatic carbocycles. The van der Waals surface area contributed by atoms with E-state index in [2.05, 4.69) is 4.98 Å². The average molecular weight is 469 g/mol. The lowest BCUT2D eigenvalue weighted by Gasteiger charge is -2.26. The minimum absolute atomic E-state index is 0.0871. The average Bonchev–Trinajstić information content (AvgIpc) is 2.78. The molecule has 0 aliphatic rings. The molecule has 0 spiro atoms. The second kappa shape index (κ2) is 8.68. The van der Waals surface area contributed by atoms with Crippen molar-refractivity contribution < 1.29 is 13.2 Å². The number of halogens is 1. The first kappa shape index (κ1) is 21.9. The molecule has 32 heavy (non-hydrogen) atoms. The van der Waals surface area contributed by atoms with Gasteiger partial charge >= 0.3 is 0 Å². The van der Waals surface area contributed by atoms with Crippen molar-refractivity contribution in [3.63, 3.8) is 0 Å². The molecule has 0 amide bonds. The lowest BCUT2D eigenvalue weighted by molar-refractivity contribution is 0.415. The topological polar surface area (TPSA) is 79.5 Å². The highest BCUT2D eigenvalue weighted by Crippen LogP contribution is 2.29. The molecule has 0 radical (unpaired) electrons. The Hall–Kier alpha value is -3.29. The van der Waals surface area contributed by atoms with Gasteiger partial charge in [-0.05, 0) is 67.1 Å². The fourth-order valence-electron chi connectivity index (χ4n) is 3.51. The van der Waals surface area contributed by atoms with Gasteiger partial charge in [0, 0.05) is 21.5 Å². The van der Waals surface area contributed by atoms with Crippen molar-refractivity contribution in [3.8, 4) is 5.75 Å². The Balaban J connectivity index is 1.86. The van der Waals surface area contributed by atoms with Crippen molar-refractivity contribution >= 4 is 38.2 Å². The van der Waals surface area contributed by atoms with Crippen molar-refractivity contribution in [1.82, 2.24) is 4.98 Å². The molecule has 6 nitrogen and oxygen atoms in total. The van der Waals surface area contributed by atoms with E-state index in [1.807, 2.05) is 19.1 Å². The normalized spacial score (nSPS) is 11.5. The second-order valence-electron chi connectivity index (χ2n) is 7.33. The summed E-state index contributed by atoms with van der Waals surface area (Å²) in [5.74, 6) is 0.639. The summed E-state index contributed by atoms with van der Waals surface area (Å²) in [4.78, 5) is 15.7. The third-order valence-corrected chi connectivity index (χ3v) is 7.25. The maximum Gasteiger partial charge on any atom is 0.264 e. The lowest BCUT2D eigenvalue weighted by Crippen LogP contribution is -2.33. The van der Waals surface area contributed by atoms with Gasteiger partial charge in [-0.25, -0.2) is 8.42 Å². The molecule has 1 N–H and O–H groups in total. The second-order valence-corrected chi connectivity index (χ2v) is 9.63. The minimum Gasteiger partial charge on any atom is -0.497 e. The number of rotatable bonds is 6. The van der Waals surface area contributed by atoms with E-state index in [9.17, 15) is 13.2 Å². The molecule has 1 heterocycles. The van der Waals surface area contributed by atoms with Crippen LogP contribution in [0.15, 0.2) is 82.5 Å². The molecule has 0 aliphatic heterocycles. The van der Waals surface area contributed by atoms with Gasteiger partial charge < -0.3 is 9.72 Å². The van der Waals surface area contributed by atoms with Gasteiger partial charge in [0.1, 0.15) is 5.75 Å². The van der Waals surface area contributed by atoms with Crippen LogP contribution in [0.5, 0.6) is 5.75 Å². The van der Waals surface area contributed by atoms with Gasteiger partial charge in [0.25, 0.3) is 15.6 Å². The van der Waals surface area contributed by atoms with Crippen LogP contribution in [0, 0.1) is 6.92 Å². The van der Waals surface area contributed by atoms with E-state index in [4.69, 9.17) is 16.3 Å². The van der Waals surface area contributed by atoms with Crippen LogP contribution in [-0.4, -0.2) is 20.5 Å². The summed E-state index contributed by atoms with van der Waals surface area (Å²) >= 11 is 5.95. The number of fused-ring (bicyclic) bond motifs is 1. The Kier molecular flexibility index (Phi) is 5.95. The number of aromatic nitrogens is 1. The molecule has 1 aromatic heterocycles. The highest BCUT2D eigenvalue weighted by molar-refractivity contribution is 7.92. The van der Waals surface area contributed by atoms with Crippen LogP contribution in [0.2, 0.25) is 5.02 Å². The third-order valence-electron chi connectivity index (χ3n) is 5.23. The number of ether oxygens (including phenoxy) is 1. The van der Waals surface area contributed by atoms with Gasteiger partial charge in [-0.2, -0.15) is 0 Å². The summed E-state index contributed by atoms with van der Waals surface area (Å²) in [7, 11) is -2.42. The summed E-state index contributed by atoms with van der Waals surface area (Å²) in [6.07, 6.45) is 0. The van der Waals surface area contributed by atoms with E-state index in [0.717, 1.165) is 10.9 Å². The maximum atomic E-state index is 13.6. The molecule has 8 heteroatoms. The smallest absolute Gasteiger partial charge is 0.264 e. The third kappa shape index (κ3) is 4.22. The van der Waals surface area contributed by atoms with Gasteiger partial charge in [0.2, 0.25) is 0 Å². The fraction of sp³-hybridized carbons (Fsp3) is 0.125. The predicted octanol–water partition coefficient (Wildman–Crippen LogP) is 4.89. The van der Waals surface area contributed by atoms with E-state index in [-0.39, 0.29) is 17.0 Å². The molecule has 3 aromatic carbocycles. The maximum absolute atomic E-state index is 13.6. The fourth-order valence-corrected chi connectivity index (χ4v) is 5.14. The molecule has 0 atom stereocenters. The zero-order valence-electron chi connectivity index (χ0n) is 17.5. The van der Waals surface area contributed by atoms with Gasteiger partial charge in [-0.15, -0.1) is 0 Å². The van der Waals surface area contributed by atoms with Crippen LogP contribution >= 0.6 is 11.6 Å². The Bertz CT molecular complexity index is 1450. The quantitative estimate of drug-likeness (QED) is 0.436. The van der Waals surface area contributed by atoms with Crippen LogP contribution in [0.3, 0.4) is 0 Å². The molecule has 0 fully saturated rings. The van der Waals surface area contributed by atoms with Crippen LogP contribution < -0.4 is 14.6 Å². The van der Waals surface area contributed by atoms with Crippen LogP contribution in [-0.2, 0) is 16.6 Å². The van der Waals surface area contributed by atoms with E-state index < -0.39 is 10.0 Å². The molecule has 0 saturated heterocycles. The SMILES string of the molecule is COc1ccc2[nH]c(=O)c(CN(c3ccccc3C)S(=O)(=O)c3ccc(Cl)cc3)cc2c1. The van der Waals surface area contributed by atoms with Gasteiger partial charge in [0.15, 0.2) is 0 Å². The Morgan fingerprint density at radius 1 is 1.00 bits per heavy atom. The van der Waals surface area contributed by atoms with Crippen molar-refractivity contribution in [2.24, 2.45) is 0 Å². The van der Waals surface area contributed by atoms with Crippen LogP contribution in [0.1, 0.15) is 11.1 Å². The number of nitrogens with zero attached hydrogens (tertiary/aromatic N) is 1. The Morgan fingerprint density at radius 2 is 1.72 bits per heavy atom. The Labute approximate surface area is 191 Å². The number of pyridine rings is 1. The zero-order valence-corrected chi connectivity index (χ0v) is 19.1. The number of aromatic amines is 1. The number of H-pyrrole nitrogens is 1. The summed E-state index contributed by atoms with van der Waals surface area (Å²) in [6, 6.07) is 20.1. The number of nitrogens with one attached hydrogen (secondary N) is 1. The molecule has 4 aromatic rings. The largest absolute Gasteiger partial charge is 0.497 e. The number of benzene rings is 3. The monoisotopic (exact) mass is 468 g/mol. The van der Waals surface area contributed by atoms with Crippen LogP contribution in [0.4, 0.5) is 5.69 Å². The molecular formula is C24H21ClN2O4S. The van der Waals surface area contributed by atoms with Crippen molar-refractivity contribution in [2.45, 2.75) is 18.4 Å². The molecular weight excluding hydrogens is 448 g/mol. The lowest BCUT2D eigenvalue weighted by atomic mass is 10.1. The van der Waals surface area contributed by atoms with Crippen molar-refractivity contribution in [2.75, 3.05) is 11.4 Å². The summed E-state index contributed by atoms with van der Waals surface area (Å²) in [5.41, 5.74) is 1.86. The van der Waals surface area contributed by atoms with Gasteiger partial charge in [0.05, 0.1) is 24.2 Å². The van der Waals surface area contributed by atoms with Gasteiger partial charge in [-0.3, -0.25) is 9.10 Å². The van der Waals surface area contributed by atoms with E-state index in [1.54, 1.807) is 43.5 Å². The number of hydrogen-bond donors (Lipinski definition) is 1. The minimum atomic E-state index is -3.98. The number of sulfonamides is 1. The number of methoxy groups -OCH3 is 1. The summed E-state index contributed by atoms with van der Waals surface area (Å²) < 4.78 is 33.8. The predicted molar refractivity (Wildman–Crippen MR) is 127 cm³/mol. The molecule has 0 unspecified atom stereocenters. The molecule has 0 bridgehead atoms. The van der Waals surface area contributed by atoms with Crippen molar-refractivity contribution in [1.29, 1.82) is 0 Å². The molecule has 4 rings (SSSR count). The zero-order chi connectivity index (χ0) is 22.9. The Morgan fingerprint density at radius 3 is 2.41 bits per heavy atom. The first-order chi connectivity index (χ1) is 15.3. The number of aryl methyl sites for hydroxylation is 1. The summed E-state index contributed by atoms with van der Waals surface area (Å²) in [6.45, 7) is 1.69. The number of para-hydroxylation sites is 1. The van der Waals surface area contributed by atoms with E-state index in [0.29, 0.717) is 27.5 Å². The highest BCUT2D eigenvalue weighted by Gasteiger charge is 2.27.